The Hall–Kier alpha value is -2.41. The molecule has 0 heterocycles. The van der Waals surface area contributed by atoms with Crippen LogP contribution in [0.3, 0.4) is 0 Å². The highest BCUT2D eigenvalue weighted by Gasteiger charge is 2.12. The van der Waals surface area contributed by atoms with Gasteiger partial charge in [0, 0.05) is 23.6 Å². The Morgan fingerprint density at radius 2 is 1.67 bits per heavy atom. The van der Waals surface area contributed by atoms with E-state index in [1.165, 1.54) is 0 Å². The van der Waals surface area contributed by atoms with E-state index in [0.717, 1.165) is 21.3 Å². The van der Waals surface area contributed by atoms with E-state index in [9.17, 15) is 4.79 Å². The van der Waals surface area contributed by atoms with Gasteiger partial charge >= 0.3 is 6.03 Å². The number of urea groups is 1. The van der Waals surface area contributed by atoms with E-state index in [2.05, 4.69) is 21.2 Å². The number of nitrogens with zero attached hydrogens (tertiary/aromatic N) is 1. The van der Waals surface area contributed by atoms with Gasteiger partial charge in [0.1, 0.15) is 5.75 Å². The molecule has 7 heteroatoms. The second kappa shape index (κ2) is 10.1. The number of carbonyl (C=O) groups is 1. The maximum absolute atomic E-state index is 12.4. The summed E-state index contributed by atoms with van der Waals surface area (Å²) in [5.74, 6) is 2.12. The lowest BCUT2D eigenvalue weighted by molar-refractivity contribution is 0.206. The van der Waals surface area contributed by atoms with Crippen molar-refractivity contribution in [3.8, 4) is 17.2 Å². The van der Waals surface area contributed by atoms with Crippen molar-refractivity contribution in [2.75, 3.05) is 34.9 Å². The number of nitrogens with one attached hydrogen (secondary N) is 1. The van der Waals surface area contributed by atoms with Crippen LogP contribution in [-0.2, 0) is 13.0 Å². The minimum atomic E-state index is -0.141. The standard InChI is InChI=1S/C20H25BrN2O4/c1-23(13-15-12-16(21)6-8-17(15)25-2)20(24)22-10-9-14-5-7-18(26-3)19(11-14)27-4/h5-8,11-12H,9-10,13H2,1-4H3,(H,22,24). The summed E-state index contributed by atoms with van der Waals surface area (Å²) in [7, 11) is 6.59. The number of amides is 2. The highest BCUT2D eigenvalue weighted by atomic mass is 79.9. The smallest absolute Gasteiger partial charge is 0.317 e. The Kier molecular flexibility index (Phi) is 7.79. The zero-order valence-electron chi connectivity index (χ0n) is 16.0. The molecule has 2 aromatic carbocycles. The van der Waals surface area contributed by atoms with Gasteiger partial charge in [0.25, 0.3) is 0 Å². The molecule has 0 unspecified atom stereocenters. The van der Waals surface area contributed by atoms with Crippen molar-refractivity contribution >= 4 is 22.0 Å². The Morgan fingerprint density at radius 1 is 1.00 bits per heavy atom. The highest BCUT2D eigenvalue weighted by Crippen LogP contribution is 2.27. The van der Waals surface area contributed by atoms with E-state index in [4.69, 9.17) is 14.2 Å². The monoisotopic (exact) mass is 436 g/mol. The van der Waals surface area contributed by atoms with Crippen molar-refractivity contribution in [3.05, 3.63) is 52.0 Å². The molecule has 0 atom stereocenters. The van der Waals surface area contributed by atoms with E-state index in [0.29, 0.717) is 31.0 Å². The fourth-order valence-electron chi connectivity index (χ4n) is 2.68. The molecule has 2 amide bonds. The van der Waals surface area contributed by atoms with Gasteiger partial charge in [-0.3, -0.25) is 0 Å². The summed E-state index contributed by atoms with van der Waals surface area (Å²) in [5, 5.41) is 2.93. The van der Waals surface area contributed by atoms with E-state index in [1.807, 2.05) is 36.4 Å². The van der Waals surface area contributed by atoms with Crippen molar-refractivity contribution in [3.63, 3.8) is 0 Å². The molecule has 6 nitrogen and oxygen atoms in total. The highest BCUT2D eigenvalue weighted by molar-refractivity contribution is 9.10. The molecule has 0 saturated heterocycles. The molecule has 0 aliphatic heterocycles. The average molecular weight is 437 g/mol. The van der Waals surface area contributed by atoms with Crippen molar-refractivity contribution in [1.82, 2.24) is 10.2 Å². The Bertz CT molecular complexity index is 783. The first-order valence-corrected chi connectivity index (χ1v) is 9.30. The second-order valence-corrected chi connectivity index (χ2v) is 6.90. The molecule has 146 valence electrons. The van der Waals surface area contributed by atoms with Crippen LogP contribution < -0.4 is 19.5 Å². The molecule has 0 fully saturated rings. The molecule has 0 aliphatic carbocycles. The van der Waals surface area contributed by atoms with E-state index < -0.39 is 0 Å². The van der Waals surface area contributed by atoms with Gasteiger partial charge in [-0.05, 0) is 42.3 Å². The largest absolute Gasteiger partial charge is 0.496 e. The van der Waals surface area contributed by atoms with Crippen LogP contribution in [0.5, 0.6) is 17.2 Å². The molecular weight excluding hydrogens is 412 g/mol. The lowest BCUT2D eigenvalue weighted by Gasteiger charge is -2.20. The van der Waals surface area contributed by atoms with Gasteiger partial charge in [-0.1, -0.05) is 22.0 Å². The number of benzene rings is 2. The molecule has 0 bridgehead atoms. The first kappa shape index (κ1) is 20.9. The number of hydrogen-bond acceptors (Lipinski definition) is 4. The summed E-state index contributed by atoms with van der Waals surface area (Å²) in [4.78, 5) is 14.0. The van der Waals surface area contributed by atoms with Gasteiger partial charge in [0.05, 0.1) is 27.9 Å². The van der Waals surface area contributed by atoms with Crippen LogP contribution in [0.4, 0.5) is 4.79 Å². The second-order valence-electron chi connectivity index (χ2n) is 5.98. The number of halogens is 1. The average Bonchev–Trinajstić information content (AvgIpc) is 2.67. The number of rotatable bonds is 8. The maximum atomic E-state index is 12.4. The summed E-state index contributed by atoms with van der Waals surface area (Å²) in [5.41, 5.74) is 1.99. The summed E-state index contributed by atoms with van der Waals surface area (Å²) in [6.45, 7) is 0.971. The van der Waals surface area contributed by atoms with E-state index >= 15 is 0 Å². The molecule has 0 saturated carbocycles. The third-order valence-electron chi connectivity index (χ3n) is 4.13. The van der Waals surface area contributed by atoms with Gasteiger partial charge in [-0.15, -0.1) is 0 Å². The molecule has 2 aromatic rings. The summed E-state index contributed by atoms with van der Waals surface area (Å²) < 4.78 is 16.8. The molecule has 2 rings (SSSR count). The Balaban J connectivity index is 1.89. The maximum Gasteiger partial charge on any atom is 0.317 e. The molecule has 0 aliphatic rings. The van der Waals surface area contributed by atoms with Gasteiger partial charge in [-0.2, -0.15) is 0 Å². The Labute approximate surface area is 168 Å². The minimum absolute atomic E-state index is 0.141. The summed E-state index contributed by atoms with van der Waals surface area (Å²) >= 11 is 3.45. The summed E-state index contributed by atoms with van der Waals surface area (Å²) in [6, 6.07) is 11.3. The minimum Gasteiger partial charge on any atom is -0.496 e. The zero-order valence-corrected chi connectivity index (χ0v) is 17.6. The van der Waals surface area contributed by atoms with E-state index in [-0.39, 0.29) is 6.03 Å². The molecule has 0 radical (unpaired) electrons. The predicted molar refractivity (Wildman–Crippen MR) is 109 cm³/mol. The third kappa shape index (κ3) is 5.79. The number of ether oxygens (including phenoxy) is 3. The quantitative estimate of drug-likeness (QED) is 0.682. The topological polar surface area (TPSA) is 60.0 Å². The first-order valence-electron chi connectivity index (χ1n) is 8.50. The fraction of sp³-hybridized carbons (Fsp3) is 0.350. The molecule has 27 heavy (non-hydrogen) atoms. The number of hydrogen-bond donors (Lipinski definition) is 1. The van der Waals surface area contributed by atoms with Crippen LogP contribution in [0.1, 0.15) is 11.1 Å². The van der Waals surface area contributed by atoms with Gasteiger partial charge < -0.3 is 24.4 Å². The van der Waals surface area contributed by atoms with E-state index in [1.54, 1.807) is 33.3 Å². The van der Waals surface area contributed by atoms with Crippen molar-refractivity contribution < 1.29 is 19.0 Å². The lowest BCUT2D eigenvalue weighted by atomic mass is 10.1. The molecule has 1 N–H and O–H groups in total. The first-order chi connectivity index (χ1) is 13.0. The Morgan fingerprint density at radius 3 is 2.33 bits per heavy atom. The van der Waals surface area contributed by atoms with Gasteiger partial charge in [0.2, 0.25) is 0 Å². The van der Waals surface area contributed by atoms with Crippen molar-refractivity contribution in [2.45, 2.75) is 13.0 Å². The zero-order chi connectivity index (χ0) is 19.8. The van der Waals surface area contributed by atoms with Crippen LogP contribution in [0.15, 0.2) is 40.9 Å². The van der Waals surface area contributed by atoms with Crippen molar-refractivity contribution in [2.24, 2.45) is 0 Å². The summed E-state index contributed by atoms with van der Waals surface area (Å²) in [6.07, 6.45) is 0.695. The van der Waals surface area contributed by atoms with Gasteiger partial charge in [-0.25, -0.2) is 4.79 Å². The fourth-order valence-corrected chi connectivity index (χ4v) is 3.09. The third-order valence-corrected chi connectivity index (χ3v) is 4.63. The van der Waals surface area contributed by atoms with Crippen LogP contribution in [0.25, 0.3) is 0 Å². The van der Waals surface area contributed by atoms with Crippen LogP contribution in [0.2, 0.25) is 0 Å². The molecule has 0 spiro atoms. The number of carbonyl (C=O) groups excluding carboxylic acids is 1. The predicted octanol–water partition coefficient (Wildman–Crippen LogP) is 3.86. The lowest BCUT2D eigenvalue weighted by Crippen LogP contribution is -2.37. The van der Waals surface area contributed by atoms with Gasteiger partial charge in [0.15, 0.2) is 11.5 Å². The molecule has 0 aromatic heterocycles. The van der Waals surface area contributed by atoms with Crippen LogP contribution in [-0.4, -0.2) is 45.9 Å². The van der Waals surface area contributed by atoms with Crippen LogP contribution >= 0.6 is 15.9 Å². The normalized spacial score (nSPS) is 10.3. The molecular formula is C20H25BrN2O4. The van der Waals surface area contributed by atoms with Crippen LogP contribution in [0, 0.1) is 0 Å². The SMILES string of the molecule is COc1ccc(Br)cc1CN(C)C(=O)NCCc1ccc(OC)c(OC)c1. The van der Waals surface area contributed by atoms with Crippen molar-refractivity contribution in [1.29, 1.82) is 0 Å². The number of methoxy groups -OCH3 is 3.